The fraction of sp³-hybridized carbons (Fsp3) is 0.303. The minimum atomic E-state index is -1.03. The van der Waals surface area contributed by atoms with E-state index < -0.39 is 35.6 Å². The first-order valence-electron chi connectivity index (χ1n) is 14.5. The van der Waals surface area contributed by atoms with Gasteiger partial charge in [-0.15, -0.1) is 0 Å². The highest BCUT2D eigenvalue weighted by Crippen LogP contribution is 2.20. The van der Waals surface area contributed by atoms with Crippen molar-refractivity contribution in [1.82, 2.24) is 15.2 Å². The Morgan fingerprint density at radius 3 is 2.34 bits per heavy atom. The highest BCUT2D eigenvalue weighted by atomic mass is 16.5. The molecule has 44 heavy (non-hydrogen) atoms. The molecule has 2 heterocycles. The van der Waals surface area contributed by atoms with Crippen LogP contribution < -0.4 is 21.5 Å². The largest absolute Gasteiger partial charge is 0.463 e. The number of amides is 3. The Bertz CT molecular complexity index is 1520. The maximum absolute atomic E-state index is 13.9. The molecule has 0 saturated carbocycles. The summed E-state index contributed by atoms with van der Waals surface area (Å²) in [5.74, 6) is -1.55. The zero-order valence-corrected chi connectivity index (χ0v) is 24.4. The zero-order chi connectivity index (χ0) is 31.3. The molecular formula is C33H36N4O7. The van der Waals surface area contributed by atoms with Gasteiger partial charge in [0, 0.05) is 37.2 Å². The van der Waals surface area contributed by atoms with Crippen LogP contribution in [0.15, 0.2) is 95.9 Å². The van der Waals surface area contributed by atoms with Crippen molar-refractivity contribution in [3.8, 4) is 0 Å². The summed E-state index contributed by atoms with van der Waals surface area (Å²) in [5, 5.41) is 8.19. The maximum atomic E-state index is 13.9. The molecule has 2 aromatic carbocycles. The van der Waals surface area contributed by atoms with Crippen molar-refractivity contribution in [3.63, 3.8) is 0 Å². The van der Waals surface area contributed by atoms with Gasteiger partial charge in [0.1, 0.15) is 18.3 Å². The summed E-state index contributed by atoms with van der Waals surface area (Å²) in [7, 11) is 0. The minimum absolute atomic E-state index is 0.0203. The number of nitrogens with zero attached hydrogens (tertiary/aromatic N) is 1. The molecule has 3 N–H and O–H groups in total. The van der Waals surface area contributed by atoms with Gasteiger partial charge < -0.3 is 24.7 Å². The van der Waals surface area contributed by atoms with Crippen LogP contribution in [0.2, 0.25) is 0 Å². The molecule has 1 fully saturated rings. The lowest BCUT2D eigenvalue weighted by atomic mass is 9.97. The van der Waals surface area contributed by atoms with Crippen LogP contribution in [0.1, 0.15) is 36.9 Å². The quantitative estimate of drug-likeness (QED) is 0.201. The molecule has 1 aromatic heterocycles. The number of carbonyl (C=O) groups excluding carboxylic acids is 4. The molecule has 0 unspecified atom stereocenters. The molecule has 1 aliphatic heterocycles. The van der Waals surface area contributed by atoms with Crippen molar-refractivity contribution in [2.24, 2.45) is 5.92 Å². The number of hydrogen-bond donors (Lipinski definition) is 3. The van der Waals surface area contributed by atoms with Crippen molar-refractivity contribution in [2.75, 3.05) is 18.5 Å². The predicted octanol–water partition coefficient (Wildman–Crippen LogP) is 3.51. The first-order valence-corrected chi connectivity index (χ1v) is 14.5. The van der Waals surface area contributed by atoms with Gasteiger partial charge in [-0.3, -0.25) is 19.7 Å². The molecule has 11 nitrogen and oxygen atoms in total. The lowest BCUT2D eigenvalue weighted by Gasteiger charge is -2.24. The highest BCUT2D eigenvalue weighted by molar-refractivity contribution is 5.85. The molecule has 3 atom stereocenters. The first kappa shape index (κ1) is 31.7. The monoisotopic (exact) mass is 600 g/mol. The topological polar surface area (TPSA) is 145 Å². The number of pyridine rings is 1. The Morgan fingerprint density at radius 1 is 0.977 bits per heavy atom. The van der Waals surface area contributed by atoms with Gasteiger partial charge >= 0.3 is 12.1 Å². The van der Waals surface area contributed by atoms with Crippen LogP contribution in [0.3, 0.4) is 0 Å². The Kier molecular flexibility index (Phi) is 11.5. The van der Waals surface area contributed by atoms with E-state index in [9.17, 15) is 24.0 Å². The molecule has 0 bridgehead atoms. The van der Waals surface area contributed by atoms with Gasteiger partial charge in [-0.1, -0.05) is 66.7 Å². The fourth-order valence-electron chi connectivity index (χ4n) is 4.90. The smallest absolute Gasteiger partial charge is 0.412 e. The van der Waals surface area contributed by atoms with Crippen LogP contribution in [-0.4, -0.2) is 47.6 Å². The van der Waals surface area contributed by atoms with Crippen LogP contribution in [0.4, 0.5) is 10.5 Å². The van der Waals surface area contributed by atoms with Gasteiger partial charge in [0.2, 0.25) is 11.8 Å². The predicted molar refractivity (Wildman–Crippen MR) is 164 cm³/mol. The van der Waals surface area contributed by atoms with Gasteiger partial charge in [0.15, 0.2) is 0 Å². The Labute approximate surface area is 255 Å². The van der Waals surface area contributed by atoms with Gasteiger partial charge in [0.25, 0.3) is 5.56 Å². The minimum Gasteiger partial charge on any atom is -0.463 e. The van der Waals surface area contributed by atoms with E-state index in [4.69, 9.17) is 9.47 Å². The van der Waals surface area contributed by atoms with Crippen LogP contribution in [0, 0.1) is 5.92 Å². The van der Waals surface area contributed by atoms with E-state index in [1.165, 1.54) is 29.0 Å². The van der Waals surface area contributed by atoms with E-state index >= 15 is 0 Å². The summed E-state index contributed by atoms with van der Waals surface area (Å²) in [6.07, 6.45) is 4.41. The third-order valence-corrected chi connectivity index (χ3v) is 7.11. The summed E-state index contributed by atoms with van der Waals surface area (Å²) in [6, 6.07) is 19.6. The number of rotatable bonds is 13. The molecule has 3 amide bonds. The van der Waals surface area contributed by atoms with Crippen molar-refractivity contribution >= 4 is 29.6 Å². The Morgan fingerprint density at radius 2 is 1.68 bits per heavy atom. The van der Waals surface area contributed by atoms with E-state index in [0.29, 0.717) is 13.0 Å². The molecule has 1 saturated heterocycles. The van der Waals surface area contributed by atoms with Crippen molar-refractivity contribution in [3.05, 3.63) is 113 Å². The maximum Gasteiger partial charge on any atom is 0.412 e. The van der Waals surface area contributed by atoms with Gasteiger partial charge in [-0.05, 0) is 43.0 Å². The number of anilines is 1. The summed E-state index contributed by atoms with van der Waals surface area (Å²) >= 11 is 0. The number of hydrogen-bond acceptors (Lipinski definition) is 7. The SMILES string of the molecule is CCOC(=O)C=C[C@H](C[C@@H]1CCNC1=O)NC(=O)[C@H](Cc1ccccc1)n1cccc(NC(=O)OCc2ccccc2)c1=O. The van der Waals surface area contributed by atoms with Gasteiger partial charge in [0.05, 0.1) is 6.61 Å². The van der Waals surface area contributed by atoms with Gasteiger partial charge in [-0.25, -0.2) is 9.59 Å². The fourth-order valence-corrected chi connectivity index (χ4v) is 4.90. The Balaban J connectivity index is 1.57. The van der Waals surface area contributed by atoms with Crippen molar-refractivity contribution < 1.29 is 28.7 Å². The molecule has 230 valence electrons. The average molecular weight is 601 g/mol. The Hall–Kier alpha value is -5.19. The van der Waals surface area contributed by atoms with Crippen molar-refractivity contribution in [1.29, 1.82) is 0 Å². The van der Waals surface area contributed by atoms with E-state index in [1.54, 1.807) is 13.0 Å². The number of nitrogens with one attached hydrogen (secondary N) is 3. The summed E-state index contributed by atoms with van der Waals surface area (Å²) < 4.78 is 11.5. The highest BCUT2D eigenvalue weighted by Gasteiger charge is 2.30. The lowest BCUT2D eigenvalue weighted by molar-refractivity contribution is -0.137. The van der Waals surface area contributed by atoms with Crippen molar-refractivity contribution in [2.45, 2.75) is 44.9 Å². The molecular weight excluding hydrogens is 564 g/mol. The second kappa shape index (κ2) is 15.9. The van der Waals surface area contributed by atoms with E-state index in [2.05, 4.69) is 16.0 Å². The normalized spacial score (nSPS) is 15.7. The van der Waals surface area contributed by atoms with Crippen LogP contribution >= 0.6 is 0 Å². The first-order chi connectivity index (χ1) is 21.3. The zero-order valence-electron chi connectivity index (χ0n) is 24.4. The molecule has 0 aliphatic carbocycles. The average Bonchev–Trinajstić information content (AvgIpc) is 3.43. The molecule has 0 spiro atoms. The standard InChI is InChI=1S/C33H36N4O7/c1-2-43-29(38)16-15-26(21-25-17-18-34-30(25)39)35-31(40)28(20-23-10-5-3-6-11-23)37-19-9-14-27(32(37)41)36-33(42)44-22-24-12-7-4-8-13-24/h3-16,19,25-26,28H,2,17-18,20-22H2,1H3,(H,34,39)(H,35,40)(H,36,42)/t25-,26+,28-/m0/s1. The number of ether oxygens (including phenoxy) is 2. The molecule has 4 rings (SSSR count). The molecule has 0 radical (unpaired) electrons. The van der Waals surface area contributed by atoms with Gasteiger partial charge in [-0.2, -0.15) is 0 Å². The lowest BCUT2D eigenvalue weighted by Crippen LogP contribution is -2.43. The number of carbonyl (C=O) groups is 4. The van der Waals surface area contributed by atoms with Crippen LogP contribution in [-0.2, 0) is 36.9 Å². The molecule has 11 heteroatoms. The summed E-state index contributed by atoms with van der Waals surface area (Å²) in [5.41, 5.74) is 0.926. The number of aromatic nitrogens is 1. The van der Waals surface area contributed by atoms with E-state index in [0.717, 1.165) is 11.1 Å². The number of benzene rings is 2. The molecule has 1 aliphatic rings. The third-order valence-electron chi connectivity index (χ3n) is 7.11. The summed E-state index contributed by atoms with van der Waals surface area (Å²) in [6.45, 7) is 2.43. The second-order valence-electron chi connectivity index (χ2n) is 10.3. The van der Waals surface area contributed by atoms with Crippen LogP contribution in [0.25, 0.3) is 0 Å². The third kappa shape index (κ3) is 9.15. The summed E-state index contributed by atoms with van der Waals surface area (Å²) in [4.78, 5) is 64.3. The molecule has 3 aromatic rings. The van der Waals surface area contributed by atoms with E-state index in [1.807, 2.05) is 60.7 Å². The number of esters is 1. The second-order valence-corrected chi connectivity index (χ2v) is 10.3. The van der Waals surface area contributed by atoms with Crippen LogP contribution in [0.5, 0.6) is 0 Å². The van der Waals surface area contributed by atoms with E-state index in [-0.39, 0.29) is 43.6 Å².